The highest BCUT2D eigenvalue weighted by Gasteiger charge is 2.27. The first-order valence-electron chi connectivity index (χ1n) is 13.0. The molecule has 198 valence electrons. The van der Waals surface area contributed by atoms with Gasteiger partial charge in [-0.3, -0.25) is 19.0 Å². The fourth-order valence-electron chi connectivity index (χ4n) is 4.19. The number of para-hydroxylation sites is 1. The Labute approximate surface area is 218 Å². The van der Waals surface area contributed by atoms with Gasteiger partial charge in [-0.1, -0.05) is 26.0 Å². The summed E-state index contributed by atoms with van der Waals surface area (Å²) in [6.45, 7) is 11.0. The molecular formula is C29H37N3O5. The van der Waals surface area contributed by atoms with Crippen LogP contribution in [0, 0.1) is 5.92 Å². The van der Waals surface area contributed by atoms with Crippen molar-refractivity contribution in [2.45, 2.75) is 59.9 Å². The summed E-state index contributed by atoms with van der Waals surface area (Å²) >= 11 is 0. The third-order valence-corrected chi connectivity index (χ3v) is 6.16. The van der Waals surface area contributed by atoms with Gasteiger partial charge in [-0.25, -0.2) is 4.98 Å². The van der Waals surface area contributed by atoms with Gasteiger partial charge in [0.2, 0.25) is 5.91 Å². The first-order chi connectivity index (χ1) is 17.8. The van der Waals surface area contributed by atoms with Crippen molar-refractivity contribution < 1.29 is 19.1 Å². The van der Waals surface area contributed by atoms with Crippen LogP contribution < -0.4 is 10.3 Å². The monoisotopic (exact) mass is 507 g/mol. The zero-order valence-electron chi connectivity index (χ0n) is 22.4. The number of aromatic nitrogens is 2. The van der Waals surface area contributed by atoms with Gasteiger partial charge in [0.05, 0.1) is 42.3 Å². The zero-order valence-corrected chi connectivity index (χ0v) is 22.4. The van der Waals surface area contributed by atoms with E-state index in [0.29, 0.717) is 47.2 Å². The largest absolute Gasteiger partial charge is 0.494 e. The normalized spacial score (nSPS) is 11.9. The molecule has 0 aliphatic carbocycles. The maximum atomic E-state index is 13.7. The summed E-state index contributed by atoms with van der Waals surface area (Å²) in [7, 11) is 0. The molecule has 0 aliphatic rings. The van der Waals surface area contributed by atoms with Crippen LogP contribution in [0.3, 0.4) is 0 Å². The number of ether oxygens (including phenoxy) is 2. The average molecular weight is 508 g/mol. The van der Waals surface area contributed by atoms with Crippen molar-refractivity contribution in [3.05, 3.63) is 64.7 Å². The van der Waals surface area contributed by atoms with Gasteiger partial charge in [-0.2, -0.15) is 0 Å². The Morgan fingerprint density at radius 3 is 2.32 bits per heavy atom. The number of fused-ring (bicyclic) bond motifs is 1. The molecule has 1 heterocycles. The Hall–Kier alpha value is -3.68. The summed E-state index contributed by atoms with van der Waals surface area (Å²) in [4.78, 5) is 45.6. The van der Waals surface area contributed by atoms with E-state index in [-0.39, 0.29) is 30.9 Å². The number of rotatable bonds is 12. The fourth-order valence-corrected chi connectivity index (χ4v) is 4.19. The summed E-state index contributed by atoms with van der Waals surface area (Å²) in [5.74, 6) is 0.950. The predicted molar refractivity (Wildman–Crippen MR) is 144 cm³/mol. The van der Waals surface area contributed by atoms with E-state index >= 15 is 0 Å². The third-order valence-electron chi connectivity index (χ3n) is 6.16. The minimum atomic E-state index is -0.516. The summed E-state index contributed by atoms with van der Waals surface area (Å²) in [5.41, 5.74) is 0.995. The van der Waals surface area contributed by atoms with E-state index in [2.05, 4.69) is 13.8 Å². The molecular weight excluding hydrogens is 470 g/mol. The maximum Gasteiger partial charge on any atom is 0.306 e. The predicted octanol–water partition coefficient (Wildman–Crippen LogP) is 5.06. The molecule has 0 N–H and O–H groups in total. The zero-order chi connectivity index (χ0) is 26.9. The molecule has 0 radical (unpaired) electrons. The molecule has 3 rings (SSSR count). The van der Waals surface area contributed by atoms with E-state index in [1.807, 2.05) is 50.2 Å². The summed E-state index contributed by atoms with van der Waals surface area (Å²) < 4.78 is 12.1. The number of carbonyl (C=O) groups is 2. The Balaban J connectivity index is 2.09. The molecule has 8 heteroatoms. The van der Waals surface area contributed by atoms with E-state index in [4.69, 9.17) is 14.5 Å². The molecule has 0 bridgehead atoms. The van der Waals surface area contributed by atoms with Crippen molar-refractivity contribution in [1.29, 1.82) is 0 Å². The Kier molecular flexibility index (Phi) is 9.83. The van der Waals surface area contributed by atoms with Crippen LogP contribution in [0.4, 0.5) is 0 Å². The Morgan fingerprint density at radius 1 is 0.973 bits per heavy atom. The molecule has 0 saturated carbocycles. The van der Waals surface area contributed by atoms with Gasteiger partial charge in [-0.05, 0) is 69.5 Å². The summed E-state index contributed by atoms with van der Waals surface area (Å²) in [6.07, 6.45) is 0.812. The topological polar surface area (TPSA) is 90.7 Å². The number of amides is 1. The average Bonchev–Trinajstić information content (AvgIpc) is 2.88. The number of nitrogens with zero attached hydrogens (tertiary/aromatic N) is 3. The van der Waals surface area contributed by atoms with Crippen molar-refractivity contribution in [2.75, 3.05) is 19.8 Å². The van der Waals surface area contributed by atoms with Gasteiger partial charge in [0, 0.05) is 13.0 Å². The third kappa shape index (κ3) is 6.96. The number of hydrogen-bond donors (Lipinski definition) is 0. The standard InChI is InChI=1S/C29H37N3O5/c1-6-36-23-14-12-22(13-15-23)32-28(30-25-11-9-8-10-24(25)29(32)35)21(5)31(19-18-20(3)4)26(33)16-17-27(34)37-7-2/h8-15,20-21H,6-7,16-19H2,1-5H3. The maximum absolute atomic E-state index is 13.7. The van der Waals surface area contributed by atoms with Crippen LogP contribution in [0.25, 0.3) is 16.6 Å². The molecule has 0 aliphatic heterocycles. The van der Waals surface area contributed by atoms with E-state index < -0.39 is 12.0 Å². The van der Waals surface area contributed by atoms with Crippen LogP contribution >= 0.6 is 0 Å². The van der Waals surface area contributed by atoms with Crippen molar-refractivity contribution in [2.24, 2.45) is 5.92 Å². The SMILES string of the molecule is CCOC(=O)CCC(=O)N(CCC(C)C)C(C)c1nc2ccccc2c(=O)n1-c1ccc(OCC)cc1. The van der Waals surface area contributed by atoms with E-state index in [1.54, 1.807) is 28.5 Å². The van der Waals surface area contributed by atoms with E-state index in [1.165, 1.54) is 0 Å². The Bertz CT molecular complexity index is 1270. The van der Waals surface area contributed by atoms with Crippen molar-refractivity contribution in [3.8, 4) is 11.4 Å². The lowest BCUT2D eigenvalue weighted by Crippen LogP contribution is -2.38. The minimum Gasteiger partial charge on any atom is -0.494 e. The number of esters is 1. The molecule has 8 nitrogen and oxygen atoms in total. The van der Waals surface area contributed by atoms with Gasteiger partial charge in [-0.15, -0.1) is 0 Å². The second-order valence-electron chi connectivity index (χ2n) is 9.31. The molecule has 0 fully saturated rings. The first-order valence-corrected chi connectivity index (χ1v) is 13.0. The lowest BCUT2D eigenvalue weighted by molar-refractivity contribution is -0.146. The molecule has 0 spiro atoms. The highest BCUT2D eigenvalue weighted by Crippen LogP contribution is 2.25. The number of benzene rings is 2. The number of hydrogen-bond acceptors (Lipinski definition) is 6. The van der Waals surface area contributed by atoms with Gasteiger partial charge >= 0.3 is 5.97 Å². The highest BCUT2D eigenvalue weighted by atomic mass is 16.5. The summed E-state index contributed by atoms with van der Waals surface area (Å²) in [6, 6.07) is 14.0. The van der Waals surface area contributed by atoms with Crippen LogP contribution in [0.15, 0.2) is 53.3 Å². The van der Waals surface area contributed by atoms with E-state index in [9.17, 15) is 14.4 Å². The molecule has 0 saturated heterocycles. The minimum absolute atomic E-state index is 0.00835. The highest BCUT2D eigenvalue weighted by molar-refractivity contribution is 5.82. The Morgan fingerprint density at radius 2 is 1.68 bits per heavy atom. The molecule has 1 amide bonds. The van der Waals surface area contributed by atoms with Gasteiger partial charge in [0.15, 0.2) is 0 Å². The fraction of sp³-hybridized carbons (Fsp3) is 0.448. The lowest BCUT2D eigenvalue weighted by atomic mass is 10.1. The number of carbonyl (C=O) groups excluding carboxylic acids is 2. The van der Waals surface area contributed by atoms with Gasteiger partial charge in [0.1, 0.15) is 11.6 Å². The second kappa shape index (κ2) is 13.0. The lowest BCUT2D eigenvalue weighted by Gasteiger charge is -2.31. The van der Waals surface area contributed by atoms with Crippen molar-refractivity contribution >= 4 is 22.8 Å². The molecule has 2 aromatic carbocycles. The van der Waals surface area contributed by atoms with Gasteiger partial charge in [0.25, 0.3) is 5.56 Å². The first kappa shape index (κ1) is 27.9. The van der Waals surface area contributed by atoms with Crippen LogP contribution in [-0.4, -0.2) is 46.1 Å². The van der Waals surface area contributed by atoms with Crippen LogP contribution in [-0.2, 0) is 14.3 Å². The quantitative estimate of drug-likeness (QED) is 0.318. The molecule has 3 aromatic rings. The van der Waals surface area contributed by atoms with Crippen LogP contribution in [0.5, 0.6) is 5.75 Å². The van der Waals surface area contributed by atoms with Crippen LogP contribution in [0.1, 0.15) is 65.7 Å². The van der Waals surface area contributed by atoms with Gasteiger partial charge < -0.3 is 14.4 Å². The van der Waals surface area contributed by atoms with E-state index in [0.717, 1.165) is 6.42 Å². The van der Waals surface area contributed by atoms with Crippen molar-refractivity contribution in [3.63, 3.8) is 0 Å². The molecule has 1 unspecified atom stereocenters. The smallest absolute Gasteiger partial charge is 0.306 e. The molecule has 1 atom stereocenters. The summed E-state index contributed by atoms with van der Waals surface area (Å²) in [5, 5.41) is 0.495. The van der Waals surface area contributed by atoms with Crippen LogP contribution in [0.2, 0.25) is 0 Å². The molecule has 1 aromatic heterocycles. The molecule has 37 heavy (non-hydrogen) atoms. The second-order valence-corrected chi connectivity index (χ2v) is 9.31. The van der Waals surface area contributed by atoms with Crippen molar-refractivity contribution in [1.82, 2.24) is 14.5 Å².